The molecule has 0 saturated carbocycles. The van der Waals surface area contributed by atoms with Crippen molar-refractivity contribution in [3.05, 3.63) is 18.0 Å². The summed E-state index contributed by atoms with van der Waals surface area (Å²) >= 11 is 0. The number of rotatable bonds is 5. The van der Waals surface area contributed by atoms with Gasteiger partial charge in [-0.05, 0) is 26.5 Å². The third-order valence-corrected chi connectivity index (χ3v) is 2.79. The average Bonchev–Trinajstić information content (AvgIpc) is 2.64. The number of nitrogens with one attached hydrogen (secondary N) is 1. The van der Waals surface area contributed by atoms with Crippen LogP contribution in [-0.4, -0.2) is 22.4 Å². The number of aryl methyl sites for hydroxylation is 1. The Labute approximate surface area is 86.5 Å². The molecular formula is C11H21N3. The standard InChI is InChI=1S/C11H21N3/c1-5-12-10(4)9(3)11-7-8-13-14(11)6-2/h7-10,12H,5-6H2,1-4H3. The first-order valence-electron chi connectivity index (χ1n) is 5.45. The van der Waals surface area contributed by atoms with Gasteiger partial charge < -0.3 is 5.32 Å². The maximum atomic E-state index is 4.29. The minimum Gasteiger partial charge on any atom is -0.314 e. The molecule has 0 amide bonds. The highest BCUT2D eigenvalue weighted by molar-refractivity contribution is 5.09. The lowest BCUT2D eigenvalue weighted by atomic mass is 10.00. The molecule has 1 heterocycles. The highest BCUT2D eigenvalue weighted by atomic mass is 15.3. The number of nitrogens with zero attached hydrogens (tertiary/aromatic N) is 2. The molecule has 0 aliphatic heterocycles. The van der Waals surface area contributed by atoms with E-state index >= 15 is 0 Å². The molecular weight excluding hydrogens is 174 g/mol. The minimum atomic E-state index is 0.502. The Morgan fingerprint density at radius 1 is 1.43 bits per heavy atom. The van der Waals surface area contributed by atoms with Crippen molar-refractivity contribution in [3.63, 3.8) is 0 Å². The van der Waals surface area contributed by atoms with Crippen LogP contribution in [0.4, 0.5) is 0 Å². The van der Waals surface area contributed by atoms with Crippen molar-refractivity contribution in [3.8, 4) is 0 Å². The van der Waals surface area contributed by atoms with Gasteiger partial charge in [-0.3, -0.25) is 4.68 Å². The molecule has 1 aromatic rings. The molecule has 0 bridgehead atoms. The molecule has 0 spiro atoms. The van der Waals surface area contributed by atoms with Crippen LogP contribution in [0.1, 0.15) is 39.3 Å². The Balaban J connectivity index is 2.72. The van der Waals surface area contributed by atoms with Crippen molar-refractivity contribution in [1.29, 1.82) is 0 Å². The second kappa shape index (κ2) is 5.15. The normalized spacial score (nSPS) is 15.4. The van der Waals surface area contributed by atoms with E-state index in [-0.39, 0.29) is 0 Å². The van der Waals surface area contributed by atoms with Crippen molar-refractivity contribution < 1.29 is 0 Å². The molecule has 2 unspecified atom stereocenters. The average molecular weight is 195 g/mol. The molecule has 0 aromatic carbocycles. The summed E-state index contributed by atoms with van der Waals surface area (Å²) in [4.78, 5) is 0. The van der Waals surface area contributed by atoms with E-state index in [1.54, 1.807) is 0 Å². The monoisotopic (exact) mass is 195 g/mol. The minimum absolute atomic E-state index is 0.502. The van der Waals surface area contributed by atoms with E-state index in [1.807, 2.05) is 6.20 Å². The van der Waals surface area contributed by atoms with Crippen LogP contribution in [0, 0.1) is 0 Å². The first-order chi connectivity index (χ1) is 6.70. The first kappa shape index (κ1) is 11.2. The maximum Gasteiger partial charge on any atom is 0.0492 e. The fourth-order valence-electron chi connectivity index (χ4n) is 1.75. The zero-order valence-corrected chi connectivity index (χ0v) is 9.62. The largest absolute Gasteiger partial charge is 0.314 e. The first-order valence-corrected chi connectivity index (χ1v) is 5.45. The summed E-state index contributed by atoms with van der Waals surface area (Å²) in [5, 5.41) is 7.73. The van der Waals surface area contributed by atoms with E-state index < -0.39 is 0 Å². The van der Waals surface area contributed by atoms with Crippen molar-refractivity contribution in [2.45, 2.75) is 46.2 Å². The van der Waals surface area contributed by atoms with Gasteiger partial charge in [0.2, 0.25) is 0 Å². The molecule has 0 aliphatic carbocycles. The molecule has 14 heavy (non-hydrogen) atoms. The lowest BCUT2D eigenvalue weighted by Crippen LogP contribution is -2.31. The Kier molecular flexibility index (Phi) is 4.14. The smallest absolute Gasteiger partial charge is 0.0492 e. The zero-order chi connectivity index (χ0) is 10.6. The van der Waals surface area contributed by atoms with E-state index in [9.17, 15) is 0 Å². The number of hydrogen-bond acceptors (Lipinski definition) is 2. The van der Waals surface area contributed by atoms with Crippen LogP contribution >= 0.6 is 0 Å². The third-order valence-electron chi connectivity index (χ3n) is 2.79. The molecule has 0 radical (unpaired) electrons. The van der Waals surface area contributed by atoms with Crippen LogP contribution in [0.2, 0.25) is 0 Å². The van der Waals surface area contributed by atoms with E-state index in [0.29, 0.717) is 12.0 Å². The molecule has 3 nitrogen and oxygen atoms in total. The fraction of sp³-hybridized carbons (Fsp3) is 0.727. The highest BCUT2D eigenvalue weighted by Gasteiger charge is 2.16. The van der Waals surface area contributed by atoms with Crippen LogP contribution in [0.5, 0.6) is 0 Å². The third kappa shape index (κ3) is 2.35. The molecule has 0 aliphatic rings. The Bertz CT molecular complexity index is 267. The van der Waals surface area contributed by atoms with Gasteiger partial charge in [-0.2, -0.15) is 5.10 Å². The molecule has 0 saturated heterocycles. The Hall–Kier alpha value is -0.830. The topological polar surface area (TPSA) is 29.9 Å². The molecule has 2 atom stereocenters. The van der Waals surface area contributed by atoms with Gasteiger partial charge in [0.15, 0.2) is 0 Å². The Morgan fingerprint density at radius 3 is 2.71 bits per heavy atom. The van der Waals surface area contributed by atoms with Crippen LogP contribution < -0.4 is 5.32 Å². The predicted octanol–water partition coefficient (Wildman–Crippen LogP) is 2.00. The van der Waals surface area contributed by atoms with Gasteiger partial charge in [-0.15, -0.1) is 0 Å². The van der Waals surface area contributed by atoms with Crippen molar-refractivity contribution >= 4 is 0 Å². The van der Waals surface area contributed by atoms with Gasteiger partial charge in [0, 0.05) is 30.4 Å². The second-order valence-electron chi connectivity index (χ2n) is 3.71. The second-order valence-corrected chi connectivity index (χ2v) is 3.71. The van der Waals surface area contributed by atoms with Crippen molar-refractivity contribution in [1.82, 2.24) is 15.1 Å². The van der Waals surface area contributed by atoms with Gasteiger partial charge in [-0.25, -0.2) is 0 Å². The van der Waals surface area contributed by atoms with Gasteiger partial charge in [-0.1, -0.05) is 13.8 Å². The lowest BCUT2D eigenvalue weighted by molar-refractivity contribution is 0.462. The summed E-state index contributed by atoms with van der Waals surface area (Å²) in [6.45, 7) is 10.7. The van der Waals surface area contributed by atoms with Crippen molar-refractivity contribution in [2.24, 2.45) is 0 Å². The quantitative estimate of drug-likeness (QED) is 0.779. The van der Waals surface area contributed by atoms with Crippen LogP contribution in [0.15, 0.2) is 12.3 Å². The van der Waals surface area contributed by atoms with Gasteiger partial charge >= 0.3 is 0 Å². The summed E-state index contributed by atoms with van der Waals surface area (Å²) < 4.78 is 2.07. The summed E-state index contributed by atoms with van der Waals surface area (Å²) in [5.41, 5.74) is 1.32. The zero-order valence-electron chi connectivity index (χ0n) is 9.62. The van der Waals surface area contributed by atoms with Gasteiger partial charge in [0.1, 0.15) is 0 Å². The predicted molar refractivity (Wildman–Crippen MR) is 59.5 cm³/mol. The molecule has 80 valence electrons. The van der Waals surface area contributed by atoms with E-state index in [1.165, 1.54) is 5.69 Å². The summed E-state index contributed by atoms with van der Waals surface area (Å²) in [6, 6.07) is 2.61. The molecule has 1 rings (SSSR count). The van der Waals surface area contributed by atoms with E-state index in [2.05, 4.69) is 48.9 Å². The maximum absolute atomic E-state index is 4.29. The fourth-order valence-corrected chi connectivity index (χ4v) is 1.75. The summed E-state index contributed by atoms with van der Waals surface area (Å²) in [5.74, 6) is 0.511. The number of likely N-dealkylation sites (N-methyl/N-ethyl adjacent to an activating group) is 1. The van der Waals surface area contributed by atoms with Crippen molar-refractivity contribution in [2.75, 3.05) is 6.54 Å². The Morgan fingerprint density at radius 2 is 2.14 bits per heavy atom. The van der Waals surface area contributed by atoms with Gasteiger partial charge in [0.05, 0.1) is 0 Å². The van der Waals surface area contributed by atoms with Crippen LogP contribution in [0.3, 0.4) is 0 Å². The number of hydrogen-bond donors (Lipinski definition) is 1. The van der Waals surface area contributed by atoms with E-state index in [0.717, 1.165) is 13.1 Å². The van der Waals surface area contributed by atoms with Gasteiger partial charge in [0.25, 0.3) is 0 Å². The summed E-state index contributed by atoms with van der Waals surface area (Å²) in [6.07, 6.45) is 1.88. The van der Waals surface area contributed by atoms with Crippen LogP contribution in [0.25, 0.3) is 0 Å². The molecule has 1 N–H and O–H groups in total. The lowest BCUT2D eigenvalue weighted by Gasteiger charge is -2.21. The van der Waals surface area contributed by atoms with E-state index in [4.69, 9.17) is 0 Å². The molecule has 1 aromatic heterocycles. The number of aromatic nitrogens is 2. The molecule has 0 fully saturated rings. The van der Waals surface area contributed by atoms with Crippen LogP contribution in [-0.2, 0) is 6.54 Å². The SMILES string of the molecule is CCNC(C)C(C)c1ccnn1CC. The molecule has 3 heteroatoms. The summed E-state index contributed by atoms with van der Waals surface area (Å²) in [7, 11) is 0. The highest BCUT2D eigenvalue weighted by Crippen LogP contribution is 2.18.